The summed E-state index contributed by atoms with van der Waals surface area (Å²) < 4.78 is 0.808. The lowest BCUT2D eigenvalue weighted by atomic mass is 10.3. The molecule has 1 amide bonds. The monoisotopic (exact) mass is 296 g/mol. The maximum absolute atomic E-state index is 11.8. The highest BCUT2D eigenvalue weighted by Gasteiger charge is 2.11. The van der Waals surface area contributed by atoms with Crippen molar-refractivity contribution in [2.45, 2.75) is 6.92 Å². The van der Waals surface area contributed by atoms with Crippen LogP contribution in [-0.4, -0.2) is 10.9 Å². The zero-order chi connectivity index (χ0) is 11.5. The molecule has 0 bridgehead atoms. The minimum absolute atomic E-state index is 0.141. The van der Waals surface area contributed by atoms with Gasteiger partial charge in [0.05, 0.1) is 0 Å². The van der Waals surface area contributed by atoms with Crippen LogP contribution >= 0.6 is 27.3 Å². The lowest BCUT2D eigenvalue weighted by Gasteiger charge is -2.03. The van der Waals surface area contributed by atoms with Crippen molar-refractivity contribution in [3.05, 3.63) is 44.7 Å². The van der Waals surface area contributed by atoms with E-state index in [1.165, 1.54) is 11.3 Å². The van der Waals surface area contributed by atoms with Gasteiger partial charge in [0.25, 0.3) is 5.91 Å². The molecule has 0 atom stereocenters. The van der Waals surface area contributed by atoms with E-state index in [-0.39, 0.29) is 5.91 Å². The van der Waals surface area contributed by atoms with Gasteiger partial charge in [-0.05, 0) is 45.9 Å². The Morgan fingerprint density at radius 1 is 1.44 bits per heavy atom. The number of anilines is 1. The second-order valence-electron chi connectivity index (χ2n) is 3.27. The van der Waals surface area contributed by atoms with Gasteiger partial charge in [-0.1, -0.05) is 6.07 Å². The molecule has 2 aromatic heterocycles. The van der Waals surface area contributed by atoms with Crippen LogP contribution in [0.15, 0.2) is 34.2 Å². The molecule has 0 aliphatic heterocycles. The lowest BCUT2D eigenvalue weighted by Crippen LogP contribution is -2.11. The van der Waals surface area contributed by atoms with Gasteiger partial charge in [0, 0.05) is 10.7 Å². The number of amides is 1. The fourth-order valence-corrected chi connectivity index (χ4v) is 2.62. The van der Waals surface area contributed by atoms with Crippen molar-refractivity contribution >= 4 is 39.0 Å². The van der Waals surface area contributed by atoms with Crippen LogP contribution in [0.4, 0.5) is 5.82 Å². The van der Waals surface area contributed by atoms with Gasteiger partial charge in [0.2, 0.25) is 0 Å². The molecule has 1 N–H and O–H groups in total. The van der Waals surface area contributed by atoms with Crippen LogP contribution in [-0.2, 0) is 0 Å². The van der Waals surface area contributed by atoms with Crippen LogP contribution < -0.4 is 5.32 Å². The molecule has 82 valence electrons. The Morgan fingerprint density at radius 2 is 2.25 bits per heavy atom. The molecule has 0 spiro atoms. The van der Waals surface area contributed by atoms with Crippen molar-refractivity contribution in [3.63, 3.8) is 0 Å². The Balaban J connectivity index is 2.14. The largest absolute Gasteiger partial charge is 0.306 e. The van der Waals surface area contributed by atoms with Crippen LogP contribution in [0.25, 0.3) is 0 Å². The molecule has 3 nitrogen and oxygen atoms in total. The van der Waals surface area contributed by atoms with Crippen molar-refractivity contribution in [1.29, 1.82) is 0 Å². The minimum Gasteiger partial charge on any atom is -0.306 e. The molecule has 2 aromatic rings. The highest BCUT2D eigenvalue weighted by Crippen LogP contribution is 2.23. The first-order valence-corrected chi connectivity index (χ1v) is 6.31. The number of pyridine rings is 1. The molecule has 0 unspecified atom stereocenters. The average Bonchev–Trinajstić information content (AvgIpc) is 2.68. The summed E-state index contributed by atoms with van der Waals surface area (Å²) in [6.07, 6.45) is 1.72. The molecule has 5 heteroatoms. The van der Waals surface area contributed by atoms with Crippen molar-refractivity contribution in [1.82, 2.24) is 4.98 Å². The third kappa shape index (κ3) is 2.48. The quantitative estimate of drug-likeness (QED) is 0.922. The summed E-state index contributed by atoms with van der Waals surface area (Å²) in [7, 11) is 0. The molecule has 0 fully saturated rings. The van der Waals surface area contributed by atoms with E-state index >= 15 is 0 Å². The third-order valence-corrected chi connectivity index (χ3v) is 3.81. The number of rotatable bonds is 2. The number of carbonyl (C=O) groups is 1. The summed E-state index contributed by atoms with van der Waals surface area (Å²) in [4.78, 5) is 16.6. The van der Waals surface area contributed by atoms with Crippen LogP contribution in [0, 0.1) is 6.92 Å². The summed E-state index contributed by atoms with van der Waals surface area (Å²) >= 11 is 4.71. The van der Waals surface area contributed by atoms with Gasteiger partial charge < -0.3 is 5.32 Å². The van der Waals surface area contributed by atoms with Crippen LogP contribution in [0.5, 0.6) is 0 Å². The Hall–Kier alpha value is -1.20. The molecular weight excluding hydrogens is 288 g/mol. The number of nitrogens with zero attached hydrogens (tertiary/aromatic N) is 1. The van der Waals surface area contributed by atoms with Crippen molar-refractivity contribution < 1.29 is 4.79 Å². The highest BCUT2D eigenvalue weighted by molar-refractivity contribution is 9.10. The van der Waals surface area contributed by atoms with E-state index < -0.39 is 0 Å². The first-order valence-electron chi connectivity index (χ1n) is 4.64. The lowest BCUT2D eigenvalue weighted by molar-refractivity contribution is 0.102. The first kappa shape index (κ1) is 11.3. The molecule has 2 heterocycles. The Morgan fingerprint density at radius 3 is 2.81 bits per heavy atom. The molecule has 0 radical (unpaired) electrons. The van der Waals surface area contributed by atoms with Crippen molar-refractivity contribution in [3.8, 4) is 0 Å². The van der Waals surface area contributed by atoms with Gasteiger partial charge in [0.15, 0.2) is 0 Å². The SMILES string of the molecule is Cc1ccc(NC(=O)c2sccc2Br)nc1. The molecule has 2 rings (SSSR count). The van der Waals surface area contributed by atoms with Gasteiger partial charge in [-0.15, -0.1) is 11.3 Å². The summed E-state index contributed by atoms with van der Waals surface area (Å²) in [6, 6.07) is 5.54. The van der Waals surface area contributed by atoms with E-state index in [4.69, 9.17) is 0 Å². The topological polar surface area (TPSA) is 42.0 Å². The summed E-state index contributed by atoms with van der Waals surface area (Å²) in [5, 5.41) is 4.61. The normalized spacial score (nSPS) is 10.1. The molecule has 0 aliphatic rings. The smallest absolute Gasteiger partial charge is 0.268 e. The number of halogens is 1. The maximum Gasteiger partial charge on any atom is 0.268 e. The number of thiophene rings is 1. The summed E-state index contributed by atoms with van der Waals surface area (Å²) in [5.74, 6) is 0.425. The second kappa shape index (κ2) is 4.76. The molecule has 0 aliphatic carbocycles. The van der Waals surface area contributed by atoms with E-state index in [0.717, 1.165) is 10.0 Å². The average molecular weight is 297 g/mol. The highest BCUT2D eigenvalue weighted by atomic mass is 79.9. The van der Waals surface area contributed by atoms with E-state index in [2.05, 4.69) is 26.2 Å². The zero-order valence-corrected chi connectivity index (χ0v) is 10.9. The molecular formula is C11H9BrN2OS. The van der Waals surface area contributed by atoms with Gasteiger partial charge in [-0.25, -0.2) is 4.98 Å². The van der Waals surface area contributed by atoms with Crippen molar-refractivity contribution in [2.24, 2.45) is 0 Å². The number of nitrogens with one attached hydrogen (secondary N) is 1. The fourth-order valence-electron chi connectivity index (χ4n) is 1.17. The summed E-state index contributed by atoms with van der Waals surface area (Å²) in [6.45, 7) is 1.95. The fraction of sp³-hybridized carbons (Fsp3) is 0.0909. The van der Waals surface area contributed by atoms with Crippen LogP contribution in [0.3, 0.4) is 0 Å². The standard InChI is InChI=1S/C11H9BrN2OS/c1-7-2-3-9(13-6-7)14-11(15)10-8(12)4-5-16-10/h2-6H,1H3,(H,13,14,15). The zero-order valence-electron chi connectivity index (χ0n) is 8.53. The van der Waals surface area contributed by atoms with Gasteiger partial charge >= 0.3 is 0 Å². The van der Waals surface area contributed by atoms with Gasteiger partial charge in [0.1, 0.15) is 10.7 Å². The van der Waals surface area contributed by atoms with Crippen LogP contribution in [0.1, 0.15) is 15.2 Å². The number of hydrogen-bond donors (Lipinski definition) is 1. The first-order chi connectivity index (χ1) is 7.66. The van der Waals surface area contributed by atoms with Gasteiger partial charge in [-0.3, -0.25) is 4.79 Å². The predicted molar refractivity (Wildman–Crippen MR) is 68.9 cm³/mol. The third-order valence-electron chi connectivity index (χ3n) is 1.98. The predicted octanol–water partition coefficient (Wildman–Crippen LogP) is 3.47. The molecule has 0 saturated heterocycles. The molecule has 0 aromatic carbocycles. The Kier molecular flexibility index (Phi) is 3.36. The number of carbonyl (C=O) groups excluding carboxylic acids is 1. The Bertz CT molecular complexity index is 507. The maximum atomic E-state index is 11.8. The number of hydrogen-bond acceptors (Lipinski definition) is 3. The summed E-state index contributed by atoms with van der Waals surface area (Å²) in [5.41, 5.74) is 1.07. The van der Waals surface area contributed by atoms with E-state index in [9.17, 15) is 4.79 Å². The van der Waals surface area contributed by atoms with Crippen LogP contribution in [0.2, 0.25) is 0 Å². The van der Waals surface area contributed by atoms with E-state index in [1.807, 2.05) is 24.4 Å². The number of aryl methyl sites for hydroxylation is 1. The number of aromatic nitrogens is 1. The Labute approximate surface area is 106 Å². The molecule has 0 saturated carbocycles. The van der Waals surface area contributed by atoms with E-state index in [0.29, 0.717) is 10.7 Å². The second-order valence-corrected chi connectivity index (χ2v) is 5.04. The van der Waals surface area contributed by atoms with Crippen molar-refractivity contribution in [2.75, 3.05) is 5.32 Å². The van der Waals surface area contributed by atoms with Gasteiger partial charge in [-0.2, -0.15) is 0 Å². The molecule has 16 heavy (non-hydrogen) atoms. The van der Waals surface area contributed by atoms with E-state index in [1.54, 1.807) is 12.3 Å². The minimum atomic E-state index is -0.141.